The number of carbonyl (C=O) groups excluding carboxylic acids is 1. The summed E-state index contributed by atoms with van der Waals surface area (Å²) in [6, 6.07) is 49.9. The number of nitriles is 1. The van der Waals surface area contributed by atoms with Crippen LogP contribution in [0.2, 0.25) is 0 Å². The minimum absolute atomic E-state index is 0.129. The van der Waals surface area contributed by atoms with Crippen LogP contribution in [0.25, 0.3) is 22.5 Å². The maximum Gasteiger partial charge on any atom is 0.189 e. The molecule has 0 saturated carbocycles. The highest BCUT2D eigenvalue weighted by molar-refractivity contribution is 6.00. The third-order valence-corrected chi connectivity index (χ3v) is 9.66. The van der Waals surface area contributed by atoms with E-state index in [1.54, 1.807) is 0 Å². The molecule has 0 N–H and O–H groups in total. The minimum atomic E-state index is -0.883. The summed E-state index contributed by atoms with van der Waals surface area (Å²) in [4.78, 5) is 18.0. The van der Waals surface area contributed by atoms with Gasteiger partial charge in [-0.05, 0) is 50.2 Å². The van der Waals surface area contributed by atoms with Crippen molar-refractivity contribution in [3.63, 3.8) is 0 Å². The van der Waals surface area contributed by atoms with Crippen LogP contribution in [0.5, 0.6) is 0 Å². The molecule has 0 fully saturated rings. The number of imidazole rings is 1. The van der Waals surface area contributed by atoms with E-state index < -0.39 is 11.0 Å². The van der Waals surface area contributed by atoms with E-state index in [9.17, 15) is 10.1 Å². The highest BCUT2D eigenvalue weighted by Gasteiger charge is 2.42. The van der Waals surface area contributed by atoms with Crippen LogP contribution in [0, 0.1) is 16.7 Å². The number of hydrogen-bond donors (Lipinski definition) is 0. The number of aromatic nitrogens is 6. The van der Waals surface area contributed by atoms with Gasteiger partial charge in [-0.3, -0.25) is 4.79 Å². The average Bonchev–Trinajstić information content (AvgIpc) is 3.81. The maximum atomic E-state index is 13.3. The van der Waals surface area contributed by atoms with Gasteiger partial charge in [0.2, 0.25) is 0 Å². The van der Waals surface area contributed by atoms with Crippen LogP contribution in [0.15, 0.2) is 140 Å². The van der Waals surface area contributed by atoms with E-state index in [2.05, 4.69) is 91.0 Å². The summed E-state index contributed by atoms with van der Waals surface area (Å²) >= 11 is 0. The highest BCUT2D eigenvalue weighted by Crippen LogP contribution is 2.43. The number of tetrazole rings is 1. The predicted molar refractivity (Wildman–Crippen MR) is 207 cm³/mol. The van der Waals surface area contributed by atoms with Crippen molar-refractivity contribution in [2.75, 3.05) is 0 Å². The Bertz CT molecular complexity index is 2290. The molecule has 2 aromatic heterocycles. The number of benzene rings is 5. The molecule has 7 aromatic rings. The highest BCUT2D eigenvalue weighted by atomic mass is 16.1. The van der Waals surface area contributed by atoms with Gasteiger partial charge in [-0.2, -0.15) is 5.26 Å². The SMILES string of the molecule is CCCc1nc(C(=O)C(C)(C)C)c(C#N)n1Cc1ccc(-c2ccccc2-c2nnnn2C(c2ccccc2)(c2ccccc2)c2ccccc2)cc1. The molecule has 0 amide bonds. The van der Waals surface area contributed by atoms with Gasteiger partial charge in [0.05, 0.1) is 6.54 Å². The lowest BCUT2D eigenvalue weighted by molar-refractivity contribution is 0.0853. The summed E-state index contributed by atoms with van der Waals surface area (Å²) in [5.41, 5.74) is 5.96. The molecule has 0 radical (unpaired) electrons. The second-order valence-electron chi connectivity index (χ2n) is 14.2. The van der Waals surface area contributed by atoms with E-state index >= 15 is 0 Å². The molecule has 7 rings (SSSR count). The Kier molecular flexibility index (Phi) is 9.66. The van der Waals surface area contributed by atoms with Crippen LogP contribution < -0.4 is 0 Å². The Morgan fingerprint density at radius 3 is 1.75 bits per heavy atom. The predicted octanol–water partition coefficient (Wildman–Crippen LogP) is 9.15. The molecule has 0 aliphatic rings. The van der Waals surface area contributed by atoms with Gasteiger partial charge in [0, 0.05) is 17.4 Å². The lowest BCUT2D eigenvalue weighted by atomic mass is 9.77. The smallest absolute Gasteiger partial charge is 0.189 e. The average molecular weight is 696 g/mol. The molecule has 0 aliphatic heterocycles. The van der Waals surface area contributed by atoms with Crippen molar-refractivity contribution in [3.8, 4) is 28.6 Å². The molecule has 262 valence electrons. The van der Waals surface area contributed by atoms with E-state index in [-0.39, 0.29) is 11.5 Å². The molecule has 5 aromatic carbocycles. The summed E-state index contributed by atoms with van der Waals surface area (Å²) in [5.74, 6) is 1.24. The van der Waals surface area contributed by atoms with Crippen molar-refractivity contribution in [3.05, 3.63) is 179 Å². The minimum Gasteiger partial charge on any atom is -0.315 e. The summed E-state index contributed by atoms with van der Waals surface area (Å²) in [6.07, 6.45) is 1.52. The number of ketones is 1. The monoisotopic (exact) mass is 695 g/mol. The van der Waals surface area contributed by atoms with Gasteiger partial charge in [0.15, 0.2) is 17.3 Å². The van der Waals surface area contributed by atoms with Gasteiger partial charge >= 0.3 is 0 Å². The lowest BCUT2D eigenvalue weighted by Crippen LogP contribution is -2.39. The van der Waals surface area contributed by atoms with E-state index in [1.165, 1.54) is 0 Å². The van der Waals surface area contributed by atoms with Crippen molar-refractivity contribution in [2.45, 2.75) is 52.6 Å². The molecular weight excluding hydrogens is 655 g/mol. The van der Waals surface area contributed by atoms with Gasteiger partial charge in [0.1, 0.15) is 23.1 Å². The summed E-state index contributed by atoms with van der Waals surface area (Å²) in [5, 5.41) is 24.0. The fourth-order valence-corrected chi connectivity index (χ4v) is 7.10. The Hall–Kier alpha value is -6.46. The first-order valence-corrected chi connectivity index (χ1v) is 18.0. The Morgan fingerprint density at radius 1 is 0.717 bits per heavy atom. The quantitative estimate of drug-likeness (QED) is 0.0988. The summed E-state index contributed by atoms with van der Waals surface area (Å²) in [7, 11) is 0. The largest absolute Gasteiger partial charge is 0.315 e. The third kappa shape index (κ3) is 6.47. The molecule has 2 heterocycles. The summed E-state index contributed by atoms with van der Waals surface area (Å²) in [6.45, 7) is 8.07. The molecule has 8 heteroatoms. The van der Waals surface area contributed by atoms with Crippen molar-refractivity contribution < 1.29 is 4.79 Å². The molecule has 0 unspecified atom stereocenters. The van der Waals surface area contributed by atoms with Crippen molar-refractivity contribution >= 4 is 5.78 Å². The lowest BCUT2D eigenvalue weighted by Gasteiger charge is -2.36. The Morgan fingerprint density at radius 2 is 1.25 bits per heavy atom. The van der Waals surface area contributed by atoms with Crippen LogP contribution in [-0.4, -0.2) is 35.5 Å². The number of rotatable bonds is 11. The first-order valence-electron chi connectivity index (χ1n) is 18.0. The fraction of sp³-hybridized carbons (Fsp3) is 0.200. The van der Waals surface area contributed by atoms with Gasteiger partial charge in [-0.25, -0.2) is 9.67 Å². The number of carbonyl (C=O) groups is 1. The van der Waals surface area contributed by atoms with E-state index in [0.717, 1.165) is 51.2 Å². The van der Waals surface area contributed by atoms with Crippen LogP contribution in [0.3, 0.4) is 0 Å². The zero-order valence-corrected chi connectivity index (χ0v) is 30.4. The molecule has 0 saturated heterocycles. The Balaban J connectivity index is 1.33. The molecule has 0 bridgehead atoms. The van der Waals surface area contributed by atoms with Crippen LogP contribution in [0.4, 0.5) is 0 Å². The molecule has 0 atom stereocenters. The van der Waals surface area contributed by atoms with E-state index in [0.29, 0.717) is 24.5 Å². The van der Waals surface area contributed by atoms with Gasteiger partial charge < -0.3 is 4.57 Å². The van der Waals surface area contributed by atoms with E-state index in [1.807, 2.05) is 96.8 Å². The van der Waals surface area contributed by atoms with Crippen molar-refractivity contribution in [2.24, 2.45) is 5.41 Å². The number of Topliss-reactive ketones (excluding diaryl/α,β-unsaturated/α-hetero) is 1. The van der Waals surface area contributed by atoms with Crippen molar-refractivity contribution in [1.82, 2.24) is 29.8 Å². The number of hydrogen-bond acceptors (Lipinski definition) is 6. The number of nitrogens with zero attached hydrogens (tertiary/aromatic N) is 7. The zero-order chi connectivity index (χ0) is 37.0. The van der Waals surface area contributed by atoms with Crippen molar-refractivity contribution in [1.29, 1.82) is 5.26 Å². The fourth-order valence-electron chi connectivity index (χ4n) is 7.10. The maximum absolute atomic E-state index is 13.3. The third-order valence-electron chi connectivity index (χ3n) is 9.66. The number of aryl methyl sites for hydroxylation is 1. The molecule has 53 heavy (non-hydrogen) atoms. The normalized spacial score (nSPS) is 11.7. The topological polar surface area (TPSA) is 102 Å². The van der Waals surface area contributed by atoms with Crippen LogP contribution in [-0.2, 0) is 18.5 Å². The van der Waals surface area contributed by atoms with Gasteiger partial charge in [-0.15, -0.1) is 5.10 Å². The van der Waals surface area contributed by atoms with Crippen LogP contribution >= 0.6 is 0 Å². The standard InChI is InChI=1S/C45H41N7O/c1-5-17-40-47-41(42(53)44(2,3)4)39(30-46)51(40)31-32-26-28-33(29-27-32)37-24-15-16-25-38(37)43-48-49-50-52(43)45(34-18-9-6-10-19-34,35-20-11-7-12-21-35)36-22-13-8-14-23-36/h6-16,18-29H,5,17,31H2,1-4H3. The first kappa shape index (κ1) is 35.0. The molecular formula is C45H41N7O. The molecule has 0 aliphatic carbocycles. The molecule has 0 spiro atoms. The second-order valence-corrected chi connectivity index (χ2v) is 14.2. The van der Waals surface area contributed by atoms with E-state index in [4.69, 9.17) is 15.3 Å². The summed E-state index contributed by atoms with van der Waals surface area (Å²) < 4.78 is 3.85. The second kappa shape index (κ2) is 14.6. The zero-order valence-electron chi connectivity index (χ0n) is 30.4. The van der Waals surface area contributed by atoms with Gasteiger partial charge in [-0.1, -0.05) is 167 Å². The Labute approximate surface area is 310 Å². The van der Waals surface area contributed by atoms with Crippen LogP contribution in [0.1, 0.15) is 78.4 Å². The van der Waals surface area contributed by atoms with Gasteiger partial charge in [0.25, 0.3) is 0 Å². The molecule has 8 nitrogen and oxygen atoms in total. The first-order chi connectivity index (χ1) is 25.8.